The van der Waals surface area contributed by atoms with Crippen molar-refractivity contribution < 1.29 is 24.2 Å². The van der Waals surface area contributed by atoms with Gasteiger partial charge in [-0.05, 0) is 35.9 Å². The highest BCUT2D eigenvalue weighted by atomic mass is 35.5. The van der Waals surface area contributed by atoms with Gasteiger partial charge in [0.25, 0.3) is 0 Å². The van der Waals surface area contributed by atoms with E-state index in [0.717, 1.165) is 11.6 Å². The molecule has 0 radical (unpaired) electrons. The number of fused-ring (bicyclic) bond motifs is 1. The minimum atomic E-state index is -1.32. The molecular formula is C20H17ClFNO4. The van der Waals surface area contributed by atoms with Crippen LogP contribution in [0.5, 0.6) is 0 Å². The van der Waals surface area contributed by atoms with Gasteiger partial charge in [0, 0.05) is 18.5 Å². The van der Waals surface area contributed by atoms with Crippen LogP contribution in [-0.4, -0.2) is 40.6 Å². The molecule has 1 aliphatic heterocycles. The van der Waals surface area contributed by atoms with E-state index in [4.69, 9.17) is 16.7 Å². The monoisotopic (exact) mass is 389 g/mol. The molecule has 2 N–H and O–H groups in total. The molecule has 0 saturated carbocycles. The summed E-state index contributed by atoms with van der Waals surface area (Å²) in [5.41, 5.74) is 2.01. The van der Waals surface area contributed by atoms with Crippen molar-refractivity contribution in [2.45, 2.75) is 12.0 Å². The van der Waals surface area contributed by atoms with Crippen molar-refractivity contribution in [3.8, 4) is 0 Å². The van der Waals surface area contributed by atoms with E-state index in [1.807, 2.05) is 12.1 Å². The van der Waals surface area contributed by atoms with E-state index >= 15 is 0 Å². The molecule has 27 heavy (non-hydrogen) atoms. The average Bonchev–Trinajstić information content (AvgIpc) is 2.61. The molecule has 0 bridgehead atoms. The van der Waals surface area contributed by atoms with E-state index in [1.54, 1.807) is 30.1 Å². The molecule has 5 nitrogen and oxygen atoms in total. The van der Waals surface area contributed by atoms with Gasteiger partial charge in [-0.3, -0.25) is 4.90 Å². The lowest BCUT2D eigenvalue weighted by Crippen LogP contribution is -2.38. The first-order valence-electron chi connectivity index (χ1n) is 8.21. The average molecular weight is 390 g/mol. The summed E-state index contributed by atoms with van der Waals surface area (Å²) >= 11 is 5.78. The maximum absolute atomic E-state index is 14.0. The highest BCUT2D eigenvalue weighted by Crippen LogP contribution is 2.42. The first-order valence-corrected chi connectivity index (χ1v) is 8.59. The predicted molar refractivity (Wildman–Crippen MR) is 98.4 cm³/mol. The molecule has 1 unspecified atom stereocenters. The van der Waals surface area contributed by atoms with Gasteiger partial charge in [0.1, 0.15) is 5.82 Å². The smallest absolute Gasteiger partial charge is 0.333 e. The fourth-order valence-electron chi connectivity index (χ4n) is 3.62. The SMILES string of the molecule is CN1CC(c2ccc(Cl)c(F)c2)c2ccccc2[C@@H]1/C(=C/C(=O)O)C(=O)O. The Morgan fingerprint density at radius 2 is 1.85 bits per heavy atom. The lowest BCUT2D eigenvalue weighted by Gasteiger charge is -2.39. The van der Waals surface area contributed by atoms with Crippen molar-refractivity contribution in [1.82, 2.24) is 4.90 Å². The molecule has 0 amide bonds. The van der Waals surface area contributed by atoms with Gasteiger partial charge in [-0.2, -0.15) is 0 Å². The standard InChI is InChI=1S/C20H17ClFNO4/c1-23-10-15(11-6-7-16(21)17(22)8-11)12-4-2-3-5-13(12)19(23)14(20(26)27)9-18(24)25/h2-9,15,19H,10H2,1H3,(H,24,25)(H,26,27)/b14-9-/t15?,19-/m1/s1. The van der Waals surface area contributed by atoms with Crippen LogP contribution in [0.25, 0.3) is 0 Å². The number of likely N-dealkylation sites (N-methyl/N-ethyl adjacent to an activating group) is 1. The maximum atomic E-state index is 14.0. The van der Waals surface area contributed by atoms with Crippen LogP contribution < -0.4 is 0 Å². The molecule has 2 atom stereocenters. The Hall–Kier alpha value is -2.70. The zero-order valence-electron chi connectivity index (χ0n) is 14.4. The summed E-state index contributed by atoms with van der Waals surface area (Å²) in [6.07, 6.45) is 0.725. The minimum absolute atomic E-state index is 0.0339. The van der Waals surface area contributed by atoms with Gasteiger partial charge >= 0.3 is 11.9 Å². The second-order valence-corrected chi connectivity index (χ2v) is 6.85. The summed E-state index contributed by atoms with van der Waals surface area (Å²) in [5, 5.41) is 18.7. The van der Waals surface area contributed by atoms with Gasteiger partial charge < -0.3 is 10.2 Å². The summed E-state index contributed by atoms with van der Waals surface area (Å²) in [6, 6.07) is 11.1. The number of carboxylic acid groups (broad SMARTS) is 2. The molecule has 0 spiro atoms. The van der Waals surface area contributed by atoms with E-state index in [1.165, 1.54) is 12.1 Å². The van der Waals surface area contributed by atoms with Crippen LogP contribution in [0.15, 0.2) is 54.1 Å². The third kappa shape index (κ3) is 3.72. The van der Waals surface area contributed by atoms with Crippen molar-refractivity contribution in [2.75, 3.05) is 13.6 Å². The number of aliphatic carboxylic acids is 2. The van der Waals surface area contributed by atoms with E-state index in [9.17, 15) is 19.1 Å². The molecule has 0 aromatic heterocycles. The normalized spacial score (nSPS) is 20.2. The van der Waals surface area contributed by atoms with Gasteiger partial charge in [-0.1, -0.05) is 41.9 Å². The molecule has 7 heteroatoms. The molecule has 1 heterocycles. The molecule has 140 valence electrons. The molecule has 0 fully saturated rings. The lowest BCUT2D eigenvalue weighted by molar-refractivity contribution is -0.135. The number of rotatable bonds is 4. The lowest BCUT2D eigenvalue weighted by atomic mass is 9.79. The van der Waals surface area contributed by atoms with Crippen LogP contribution in [0.1, 0.15) is 28.7 Å². The fraction of sp³-hybridized carbons (Fsp3) is 0.200. The number of carboxylic acids is 2. The third-order valence-electron chi connectivity index (χ3n) is 4.74. The maximum Gasteiger partial charge on any atom is 0.333 e. The van der Waals surface area contributed by atoms with Crippen molar-refractivity contribution in [3.05, 3.63) is 81.6 Å². The zero-order chi connectivity index (χ0) is 19.7. The summed E-state index contributed by atoms with van der Waals surface area (Å²) in [6.45, 7) is 0.396. The molecule has 2 aromatic rings. The number of halogens is 2. The molecule has 1 aliphatic rings. The van der Waals surface area contributed by atoms with Gasteiger partial charge in [-0.15, -0.1) is 0 Å². The van der Waals surface area contributed by atoms with Crippen molar-refractivity contribution in [3.63, 3.8) is 0 Å². The third-order valence-corrected chi connectivity index (χ3v) is 5.05. The van der Waals surface area contributed by atoms with Crippen LogP contribution in [0.3, 0.4) is 0 Å². The second kappa shape index (κ2) is 7.50. The zero-order valence-corrected chi connectivity index (χ0v) is 15.2. The van der Waals surface area contributed by atoms with Crippen molar-refractivity contribution >= 4 is 23.5 Å². The van der Waals surface area contributed by atoms with Crippen LogP contribution >= 0.6 is 11.6 Å². The van der Waals surface area contributed by atoms with Crippen LogP contribution in [0.4, 0.5) is 4.39 Å². The van der Waals surface area contributed by atoms with E-state index in [-0.39, 0.29) is 16.5 Å². The Morgan fingerprint density at radius 1 is 1.19 bits per heavy atom. The van der Waals surface area contributed by atoms with Gasteiger partial charge in [0.05, 0.1) is 16.6 Å². The van der Waals surface area contributed by atoms with Gasteiger partial charge in [0.15, 0.2) is 0 Å². The van der Waals surface area contributed by atoms with E-state index in [2.05, 4.69) is 0 Å². The van der Waals surface area contributed by atoms with Crippen molar-refractivity contribution in [2.24, 2.45) is 0 Å². The first kappa shape index (κ1) is 19.1. The predicted octanol–water partition coefficient (Wildman–Crippen LogP) is 3.69. The fourth-order valence-corrected chi connectivity index (χ4v) is 3.73. The topological polar surface area (TPSA) is 77.8 Å². The Kier molecular flexibility index (Phi) is 5.30. The number of benzene rings is 2. The van der Waals surface area contributed by atoms with Gasteiger partial charge in [0.2, 0.25) is 0 Å². The van der Waals surface area contributed by atoms with Gasteiger partial charge in [-0.25, -0.2) is 14.0 Å². The summed E-state index contributed by atoms with van der Waals surface area (Å²) in [5.74, 6) is -3.33. The molecule has 0 aliphatic carbocycles. The summed E-state index contributed by atoms with van der Waals surface area (Å²) < 4.78 is 14.0. The Bertz CT molecular complexity index is 943. The van der Waals surface area contributed by atoms with E-state index in [0.29, 0.717) is 17.7 Å². The van der Waals surface area contributed by atoms with E-state index < -0.39 is 23.8 Å². The molecule has 0 saturated heterocycles. The summed E-state index contributed by atoms with van der Waals surface area (Å²) in [7, 11) is 1.72. The molecule has 2 aromatic carbocycles. The molecular weight excluding hydrogens is 373 g/mol. The quantitative estimate of drug-likeness (QED) is 0.780. The number of nitrogens with zero attached hydrogens (tertiary/aromatic N) is 1. The summed E-state index contributed by atoms with van der Waals surface area (Å²) in [4.78, 5) is 24.6. The van der Waals surface area contributed by atoms with Crippen LogP contribution in [0.2, 0.25) is 5.02 Å². The number of hydrogen-bond acceptors (Lipinski definition) is 3. The Morgan fingerprint density at radius 3 is 2.44 bits per heavy atom. The molecule has 3 rings (SSSR count). The first-order chi connectivity index (χ1) is 12.8. The highest BCUT2D eigenvalue weighted by molar-refractivity contribution is 6.30. The minimum Gasteiger partial charge on any atom is -0.478 e. The number of hydrogen-bond donors (Lipinski definition) is 2. The van der Waals surface area contributed by atoms with Crippen LogP contribution in [-0.2, 0) is 9.59 Å². The van der Waals surface area contributed by atoms with Crippen molar-refractivity contribution in [1.29, 1.82) is 0 Å². The highest BCUT2D eigenvalue weighted by Gasteiger charge is 2.36. The number of carbonyl (C=O) groups is 2. The largest absolute Gasteiger partial charge is 0.478 e. The van der Waals surface area contributed by atoms with Crippen LogP contribution in [0, 0.1) is 5.82 Å². The Balaban J connectivity index is 2.14. The second-order valence-electron chi connectivity index (χ2n) is 6.44. The Labute approximate surface area is 160 Å².